The second-order valence-corrected chi connectivity index (χ2v) is 5.94. The van der Waals surface area contributed by atoms with Crippen molar-refractivity contribution in [2.75, 3.05) is 0 Å². The van der Waals surface area contributed by atoms with Crippen LogP contribution in [0.2, 0.25) is 0 Å². The van der Waals surface area contributed by atoms with Gasteiger partial charge in [0, 0.05) is 10.8 Å². The Morgan fingerprint density at radius 2 is 1.14 bits per heavy atom. The number of fused-ring (bicyclic) bond motifs is 9. The molecule has 2 atom stereocenters. The summed E-state index contributed by atoms with van der Waals surface area (Å²) < 4.78 is 6.14. The monoisotopic (exact) mass is 274 g/mol. The predicted octanol–water partition coefficient (Wildman–Crippen LogP) is 4.26. The van der Waals surface area contributed by atoms with E-state index in [9.17, 15) is 4.79 Å². The topological polar surface area (TPSA) is 26.3 Å². The van der Waals surface area contributed by atoms with Gasteiger partial charge in [0.25, 0.3) is 0 Å². The van der Waals surface area contributed by atoms with Crippen molar-refractivity contribution in [3.63, 3.8) is 0 Å². The molecule has 2 aliphatic rings. The Hall–Kier alpha value is -2.19. The van der Waals surface area contributed by atoms with Gasteiger partial charge in [-0.15, -0.1) is 0 Å². The van der Waals surface area contributed by atoms with Crippen LogP contribution in [-0.2, 0) is 4.74 Å². The maximum Gasteiger partial charge on any atom is 0.194 e. The Bertz CT molecular complexity index is 883. The zero-order valence-electron chi connectivity index (χ0n) is 11.5. The van der Waals surface area contributed by atoms with E-state index in [-0.39, 0.29) is 17.6 Å². The maximum absolute atomic E-state index is 12.9. The van der Waals surface area contributed by atoms with Crippen LogP contribution < -0.4 is 5.43 Å². The van der Waals surface area contributed by atoms with E-state index in [2.05, 4.69) is 12.1 Å². The molecule has 0 saturated carbocycles. The smallest absolute Gasteiger partial charge is 0.194 e. The van der Waals surface area contributed by atoms with Gasteiger partial charge in [0.2, 0.25) is 0 Å². The normalized spacial score (nSPS) is 22.9. The van der Waals surface area contributed by atoms with Crippen LogP contribution in [-0.4, -0.2) is 0 Å². The summed E-state index contributed by atoms with van der Waals surface area (Å²) in [4.78, 5) is 12.9. The van der Waals surface area contributed by atoms with Crippen LogP contribution in [0, 0.1) is 0 Å². The fourth-order valence-electron chi connectivity index (χ4n) is 4.02. The van der Waals surface area contributed by atoms with Crippen molar-refractivity contribution in [3.8, 4) is 0 Å². The summed E-state index contributed by atoms with van der Waals surface area (Å²) in [6.45, 7) is 0. The van der Waals surface area contributed by atoms with Crippen LogP contribution in [0.25, 0.3) is 21.5 Å². The first-order chi connectivity index (χ1) is 10.3. The van der Waals surface area contributed by atoms with E-state index in [0.29, 0.717) is 0 Å². The van der Waals surface area contributed by atoms with Crippen molar-refractivity contribution in [1.82, 2.24) is 0 Å². The van der Waals surface area contributed by atoms with Gasteiger partial charge in [-0.2, -0.15) is 0 Å². The lowest BCUT2D eigenvalue weighted by Crippen LogP contribution is -1.98. The van der Waals surface area contributed by atoms with Crippen molar-refractivity contribution in [1.29, 1.82) is 0 Å². The molecule has 0 aromatic heterocycles. The summed E-state index contributed by atoms with van der Waals surface area (Å²) in [6, 6.07) is 15.9. The zero-order chi connectivity index (χ0) is 14.0. The lowest BCUT2D eigenvalue weighted by Gasteiger charge is -2.11. The molecule has 0 spiro atoms. The van der Waals surface area contributed by atoms with Crippen LogP contribution in [0.3, 0.4) is 0 Å². The van der Waals surface area contributed by atoms with Crippen molar-refractivity contribution < 1.29 is 4.74 Å². The van der Waals surface area contributed by atoms with Gasteiger partial charge >= 0.3 is 0 Å². The van der Waals surface area contributed by atoms with Crippen LogP contribution in [0.5, 0.6) is 0 Å². The van der Waals surface area contributed by atoms with E-state index in [4.69, 9.17) is 4.74 Å². The van der Waals surface area contributed by atoms with Gasteiger partial charge in [0.1, 0.15) is 0 Å². The minimum atomic E-state index is 0.134. The van der Waals surface area contributed by atoms with Gasteiger partial charge < -0.3 is 4.74 Å². The molecule has 3 aromatic carbocycles. The molecular weight excluding hydrogens is 260 g/mol. The molecule has 3 aromatic rings. The largest absolute Gasteiger partial charge is 0.366 e. The molecule has 2 nitrogen and oxygen atoms in total. The fourth-order valence-corrected chi connectivity index (χ4v) is 4.02. The summed E-state index contributed by atoms with van der Waals surface area (Å²) in [6.07, 6.45) is 2.44. The molecule has 2 bridgehead atoms. The zero-order valence-corrected chi connectivity index (χ0v) is 11.5. The second kappa shape index (κ2) is 3.92. The highest BCUT2D eigenvalue weighted by atomic mass is 16.5. The molecule has 0 aliphatic carbocycles. The third-order valence-corrected chi connectivity index (χ3v) is 4.88. The van der Waals surface area contributed by atoms with Gasteiger partial charge in [0.15, 0.2) is 5.43 Å². The average Bonchev–Trinajstić information content (AvgIpc) is 3.12. The highest BCUT2D eigenvalue weighted by molar-refractivity contribution is 5.98. The average molecular weight is 274 g/mol. The summed E-state index contributed by atoms with van der Waals surface area (Å²) in [5, 5.41) is 3.76. The van der Waals surface area contributed by atoms with Crippen molar-refractivity contribution >= 4 is 21.5 Å². The summed E-state index contributed by atoms with van der Waals surface area (Å²) in [7, 11) is 0. The lowest BCUT2D eigenvalue weighted by molar-refractivity contribution is 0.0725. The first-order valence-corrected chi connectivity index (χ1v) is 7.47. The Balaban J connectivity index is 2.16. The standard InChI is InChI=1S/C19H14O2/c20-19-13-7-3-1-5-11(13)17-15-9-10-16(21-15)18(17)12-6-2-4-8-14(12)19/h1-8,15-16H,9-10H2/t15-,16-/m1/s1. The molecule has 1 fully saturated rings. The Morgan fingerprint density at radius 3 is 1.62 bits per heavy atom. The van der Waals surface area contributed by atoms with E-state index >= 15 is 0 Å². The van der Waals surface area contributed by atoms with E-state index in [1.54, 1.807) is 0 Å². The van der Waals surface area contributed by atoms with E-state index in [0.717, 1.165) is 34.4 Å². The fraction of sp³-hybridized carbons (Fsp3) is 0.211. The summed E-state index contributed by atoms with van der Waals surface area (Å²) in [5.41, 5.74) is 2.63. The molecule has 0 N–H and O–H groups in total. The molecule has 1 saturated heterocycles. The number of benzene rings is 2. The summed E-state index contributed by atoms with van der Waals surface area (Å²) >= 11 is 0. The Labute approximate surface area is 122 Å². The number of hydrogen-bond acceptors (Lipinski definition) is 2. The van der Waals surface area contributed by atoms with Gasteiger partial charge in [-0.1, -0.05) is 48.5 Å². The highest BCUT2D eigenvalue weighted by Crippen LogP contribution is 2.53. The molecule has 0 unspecified atom stereocenters. The van der Waals surface area contributed by atoms with Crippen molar-refractivity contribution in [2.45, 2.75) is 25.0 Å². The second-order valence-electron chi connectivity index (χ2n) is 5.94. The third-order valence-electron chi connectivity index (χ3n) is 4.88. The number of hydrogen-bond donors (Lipinski definition) is 0. The van der Waals surface area contributed by atoms with Gasteiger partial charge in [0.05, 0.1) is 12.2 Å². The quantitative estimate of drug-likeness (QED) is 0.612. The van der Waals surface area contributed by atoms with E-state index in [1.165, 1.54) is 11.1 Å². The SMILES string of the molecule is O=c1c2ccccc2c2c(c3ccccc13)[C@H]1CC[C@H]2O1. The molecule has 5 rings (SSSR count). The highest BCUT2D eigenvalue weighted by Gasteiger charge is 2.40. The van der Waals surface area contributed by atoms with Crippen LogP contribution >= 0.6 is 0 Å². The minimum absolute atomic E-state index is 0.134. The maximum atomic E-state index is 12.9. The van der Waals surface area contributed by atoms with Gasteiger partial charge in [-0.25, -0.2) is 0 Å². The Kier molecular flexibility index (Phi) is 2.14. The van der Waals surface area contributed by atoms with Gasteiger partial charge in [-0.3, -0.25) is 4.79 Å². The van der Waals surface area contributed by atoms with Crippen LogP contribution in [0.15, 0.2) is 53.3 Å². The van der Waals surface area contributed by atoms with Crippen LogP contribution in [0.1, 0.15) is 36.2 Å². The predicted molar refractivity (Wildman–Crippen MR) is 83.5 cm³/mol. The lowest BCUT2D eigenvalue weighted by atomic mass is 9.89. The van der Waals surface area contributed by atoms with Crippen molar-refractivity contribution in [2.24, 2.45) is 0 Å². The summed E-state index contributed by atoms with van der Waals surface area (Å²) in [5.74, 6) is 0. The first-order valence-electron chi connectivity index (χ1n) is 7.47. The number of ether oxygens (including phenoxy) is 1. The molecule has 2 heteroatoms. The molecule has 2 aliphatic heterocycles. The molecule has 21 heavy (non-hydrogen) atoms. The molecule has 0 amide bonds. The first kappa shape index (κ1) is 11.5. The Morgan fingerprint density at radius 1 is 0.714 bits per heavy atom. The molecule has 102 valence electrons. The van der Waals surface area contributed by atoms with Gasteiger partial charge in [-0.05, 0) is 34.7 Å². The van der Waals surface area contributed by atoms with E-state index < -0.39 is 0 Å². The third kappa shape index (κ3) is 1.38. The molecular formula is C19H14O2. The van der Waals surface area contributed by atoms with Crippen LogP contribution in [0.4, 0.5) is 0 Å². The van der Waals surface area contributed by atoms with Crippen molar-refractivity contribution in [3.05, 3.63) is 69.9 Å². The molecule has 2 heterocycles. The minimum Gasteiger partial charge on any atom is -0.366 e. The van der Waals surface area contributed by atoms with E-state index in [1.807, 2.05) is 36.4 Å². The number of rotatable bonds is 0. The molecule has 0 radical (unpaired) electrons.